The minimum atomic E-state index is 0.748. The first-order valence-electron chi connectivity index (χ1n) is 14.2. The molecule has 1 aromatic heterocycles. The lowest BCUT2D eigenvalue weighted by Gasteiger charge is -2.35. The van der Waals surface area contributed by atoms with Crippen LogP contribution in [0.3, 0.4) is 0 Å². The molecular weight excluding hydrogens is 442 g/mol. The van der Waals surface area contributed by atoms with Crippen LogP contribution in [0, 0.1) is 11.8 Å². The second-order valence-electron chi connectivity index (χ2n) is 11.4. The van der Waals surface area contributed by atoms with Gasteiger partial charge in [-0.1, -0.05) is 64.1 Å². The van der Waals surface area contributed by atoms with Gasteiger partial charge in [0.2, 0.25) is 0 Å². The van der Waals surface area contributed by atoms with Gasteiger partial charge in [-0.3, -0.25) is 0 Å². The van der Waals surface area contributed by atoms with Crippen molar-refractivity contribution in [2.24, 2.45) is 11.8 Å². The molecule has 0 spiro atoms. The molecule has 0 radical (unpaired) electrons. The molecule has 1 saturated heterocycles. The summed E-state index contributed by atoms with van der Waals surface area (Å²) in [4.78, 5) is 12.8. The maximum absolute atomic E-state index is 4.85. The fourth-order valence-electron chi connectivity index (χ4n) is 5.59. The van der Waals surface area contributed by atoms with Crippen LogP contribution < -0.4 is 5.32 Å². The van der Waals surface area contributed by atoms with Gasteiger partial charge in [-0.25, -0.2) is 4.98 Å². The topological polar surface area (TPSA) is 34.6 Å². The number of hydrogen-bond donors (Lipinski definition) is 1. The van der Waals surface area contributed by atoms with Crippen molar-refractivity contribution in [3.8, 4) is 0 Å². The number of hydrogen-bond acceptors (Lipinski definition) is 5. The summed E-state index contributed by atoms with van der Waals surface area (Å²) in [5, 5.41) is 6.19. The van der Waals surface area contributed by atoms with Gasteiger partial charge in [-0.05, 0) is 56.4 Å². The largest absolute Gasteiger partial charge is 0.384 e. The maximum Gasteiger partial charge on any atom is 0.0730 e. The average molecular weight is 490 g/mol. The van der Waals surface area contributed by atoms with Gasteiger partial charge in [-0.2, -0.15) is 0 Å². The van der Waals surface area contributed by atoms with Crippen LogP contribution in [0.5, 0.6) is 0 Å². The Labute approximate surface area is 218 Å². The Morgan fingerprint density at radius 1 is 0.750 bits per heavy atom. The van der Waals surface area contributed by atoms with E-state index in [9.17, 15) is 0 Å². The van der Waals surface area contributed by atoms with Crippen molar-refractivity contribution >= 4 is 27.5 Å². The number of aromatic nitrogens is 1. The smallest absolute Gasteiger partial charge is 0.0730 e. The molecule has 2 aromatic carbocycles. The van der Waals surface area contributed by atoms with Gasteiger partial charge < -0.3 is 20.0 Å². The van der Waals surface area contributed by atoms with E-state index in [4.69, 9.17) is 4.98 Å². The van der Waals surface area contributed by atoms with Crippen molar-refractivity contribution in [3.63, 3.8) is 0 Å². The first-order valence-corrected chi connectivity index (χ1v) is 14.2. The molecule has 0 unspecified atom stereocenters. The lowest BCUT2D eigenvalue weighted by Crippen LogP contribution is -2.47. The van der Waals surface area contributed by atoms with Gasteiger partial charge in [0.05, 0.1) is 16.7 Å². The number of anilines is 1. The first kappa shape index (κ1) is 26.8. The second kappa shape index (κ2) is 13.4. The highest BCUT2D eigenvalue weighted by atomic mass is 15.3. The lowest BCUT2D eigenvalue weighted by atomic mass is 10.1. The number of nitrogens with zero attached hydrogens (tertiary/aromatic N) is 4. The molecule has 0 amide bonds. The molecule has 1 aliphatic heterocycles. The van der Waals surface area contributed by atoms with Gasteiger partial charge in [-0.15, -0.1) is 0 Å². The van der Waals surface area contributed by atoms with Crippen LogP contribution in [0.1, 0.15) is 40.5 Å². The molecule has 1 fully saturated rings. The average Bonchev–Trinajstić information content (AvgIpc) is 2.86. The Morgan fingerprint density at radius 3 is 1.78 bits per heavy atom. The van der Waals surface area contributed by atoms with Crippen molar-refractivity contribution in [3.05, 3.63) is 48.5 Å². The van der Waals surface area contributed by atoms with Crippen LogP contribution in [0.4, 0.5) is 5.69 Å². The summed E-state index contributed by atoms with van der Waals surface area (Å²) >= 11 is 0. The quantitative estimate of drug-likeness (QED) is 0.242. The fourth-order valence-corrected chi connectivity index (χ4v) is 5.59. The molecule has 0 atom stereocenters. The molecule has 0 aliphatic carbocycles. The summed E-state index contributed by atoms with van der Waals surface area (Å²) in [6.45, 7) is 21.2. The molecule has 2 heterocycles. The Bertz CT molecular complexity index is 1010. The van der Waals surface area contributed by atoms with Gasteiger partial charge >= 0.3 is 0 Å². The minimum Gasteiger partial charge on any atom is -0.384 e. The van der Waals surface area contributed by atoms with Crippen LogP contribution in [0.2, 0.25) is 0 Å². The summed E-state index contributed by atoms with van der Waals surface area (Å²) in [5.41, 5.74) is 3.35. The molecule has 3 aromatic rings. The predicted octanol–water partition coefficient (Wildman–Crippen LogP) is 5.81. The number of rotatable bonds is 13. The number of piperazine rings is 1. The third-order valence-electron chi connectivity index (χ3n) is 7.20. The first-order chi connectivity index (χ1) is 17.5. The molecule has 0 saturated carbocycles. The number of nitrogens with one attached hydrogen (secondary N) is 1. The highest BCUT2D eigenvalue weighted by molar-refractivity contribution is 6.07. The molecule has 5 nitrogen and oxygen atoms in total. The summed E-state index contributed by atoms with van der Waals surface area (Å²) in [6, 6.07) is 16.9. The van der Waals surface area contributed by atoms with E-state index in [1.165, 1.54) is 81.8 Å². The zero-order chi connectivity index (χ0) is 25.3. The van der Waals surface area contributed by atoms with Crippen LogP contribution >= 0.6 is 0 Å². The van der Waals surface area contributed by atoms with Gasteiger partial charge in [0.25, 0.3) is 0 Å². The number of benzene rings is 2. The van der Waals surface area contributed by atoms with E-state index >= 15 is 0 Å². The molecule has 5 heteroatoms. The van der Waals surface area contributed by atoms with Crippen molar-refractivity contribution in [1.82, 2.24) is 19.7 Å². The van der Waals surface area contributed by atoms with Gasteiger partial charge in [0.1, 0.15) is 0 Å². The summed E-state index contributed by atoms with van der Waals surface area (Å²) in [7, 11) is 0. The third-order valence-corrected chi connectivity index (χ3v) is 7.20. The van der Waals surface area contributed by atoms with Crippen molar-refractivity contribution < 1.29 is 0 Å². The molecule has 1 N–H and O–H groups in total. The Balaban J connectivity index is 1.19. The Morgan fingerprint density at radius 2 is 1.25 bits per heavy atom. The van der Waals surface area contributed by atoms with Crippen LogP contribution in [0.25, 0.3) is 21.8 Å². The van der Waals surface area contributed by atoms with Crippen LogP contribution in [-0.2, 0) is 0 Å². The standard InChI is InChI=1S/C31H47N5/c1-25(2)23-36(24-26(3)4)18-10-17-35-21-19-34(20-22-35)16-9-15-32-31-27-11-5-7-13-29(27)33-30-14-8-6-12-28(30)31/h5-8,11-14,25-26H,9-10,15-24H2,1-4H3,(H,32,33). The minimum absolute atomic E-state index is 0.748. The molecule has 36 heavy (non-hydrogen) atoms. The highest BCUT2D eigenvalue weighted by Gasteiger charge is 2.17. The van der Waals surface area contributed by atoms with E-state index in [1.807, 2.05) is 0 Å². The van der Waals surface area contributed by atoms with E-state index in [1.54, 1.807) is 0 Å². The van der Waals surface area contributed by atoms with Crippen LogP contribution in [0.15, 0.2) is 48.5 Å². The summed E-state index contributed by atoms with van der Waals surface area (Å²) in [6.07, 6.45) is 2.45. The zero-order valence-electron chi connectivity index (χ0n) is 23.0. The Kier molecular flexibility index (Phi) is 9.97. The molecular formula is C31H47N5. The number of para-hydroxylation sites is 2. The normalized spacial score (nSPS) is 15.6. The van der Waals surface area contributed by atoms with Gasteiger partial charge in [0.15, 0.2) is 0 Å². The summed E-state index contributed by atoms with van der Waals surface area (Å²) < 4.78 is 0. The third kappa shape index (κ3) is 7.64. The van der Waals surface area contributed by atoms with Crippen molar-refractivity contribution in [2.45, 2.75) is 40.5 Å². The SMILES string of the molecule is CC(C)CN(CCCN1CCN(CCCNc2c3ccccc3nc3ccccc23)CC1)CC(C)C. The van der Waals surface area contributed by atoms with E-state index < -0.39 is 0 Å². The van der Waals surface area contributed by atoms with E-state index in [-0.39, 0.29) is 0 Å². The van der Waals surface area contributed by atoms with Crippen molar-refractivity contribution in [1.29, 1.82) is 0 Å². The maximum atomic E-state index is 4.85. The van der Waals surface area contributed by atoms with E-state index in [0.29, 0.717) is 0 Å². The van der Waals surface area contributed by atoms with E-state index in [0.717, 1.165) is 35.8 Å². The molecule has 196 valence electrons. The monoisotopic (exact) mass is 489 g/mol. The predicted molar refractivity (Wildman–Crippen MR) is 156 cm³/mol. The van der Waals surface area contributed by atoms with Crippen molar-refractivity contribution in [2.75, 3.05) is 70.8 Å². The zero-order valence-corrected chi connectivity index (χ0v) is 23.0. The molecule has 4 rings (SSSR count). The van der Waals surface area contributed by atoms with Gasteiger partial charge in [0, 0.05) is 56.6 Å². The fraction of sp³-hybridized carbons (Fsp3) is 0.581. The second-order valence-corrected chi connectivity index (χ2v) is 11.4. The number of fused-ring (bicyclic) bond motifs is 2. The highest BCUT2D eigenvalue weighted by Crippen LogP contribution is 2.30. The number of pyridine rings is 1. The lowest BCUT2D eigenvalue weighted by molar-refractivity contribution is 0.124. The van der Waals surface area contributed by atoms with E-state index in [2.05, 4.69) is 96.2 Å². The Hall–Kier alpha value is -2.21. The molecule has 1 aliphatic rings. The van der Waals surface area contributed by atoms with Crippen LogP contribution in [-0.4, -0.2) is 85.1 Å². The molecule has 0 bridgehead atoms. The summed E-state index contributed by atoms with van der Waals surface area (Å²) in [5.74, 6) is 1.50.